The number of β-amino-alcohol motifs (C(OH)–C–C–N with tert-alkyl or cyclic N) is 1. The maximum absolute atomic E-state index is 13.4. The predicted octanol–water partition coefficient (Wildman–Crippen LogP) is 2.34. The van der Waals surface area contributed by atoms with E-state index in [2.05, 4.69) is 9.97 Å². The van der Waals surface area contributed by atoms with Gasteiger partial charge in [0.25, 0.3) is 5.91 Å². The topological polar surface area (TPSA) is 83.7 Å². The minimum atomic E-state index is -1.14. The van der Waals surface area contributed by atoms with Crippen LogP contribution in [0.1, 0.15) is 16.2 Å². The number of imidazole rings is 1. The second-order valence-electron chi connectivity index (χ2n) is 8.23. The highest BCUT2D eigenvalue weighted by Crippen LogP contribution is 2.23. The Balaban J connectivity index is 1.53. The molecule has 0 aliphatic carbocycles. The number of aliphatic hydroxyl groups is 1. The number of benzene rings is 1. The average Bonchev–Trinajstić information content (AvgIpc) is 3.07. The number of nitrogens with zero attached hydrogens (tertiary/aromatic N) is 5. The second-order valence-corrected chi connectivity index (χ2v) is 8.23. The quantitative estimate of drug-likeness (QED) is 0.657. The van der Waals surface area contributed by atoms with Crippen LogP contribution < -0.4 is 4.74 Å². The Kier molecular flexibility index (Phi) is 6.20. The molecule has 1 N–H and O–H groups in total. The van der Waals surface area contributed by atoms with E-state index in [4.69, 9.17) is 4.74 Å². The molecule has 0 radical (unpaired) electrons. The lowest BCUT2D eigenvalue weighted by Crippen LogP contribution is -2.50. The monoisotopic (exact) mass is 439 g/mol. The molecule has 8 nitrogen and oxygen atoms in total. The molecule has 1 amide bonds. The van der Waals surface area contributed by atoms with E-state index in [1.165, 1.54) is 30.5 Å². The van der Waals surface area contributed by atoms with Crippen molar-refractivity contribution in [1.29, 1.82) is 0 Å². The van der Waals surface area contributed by atoms with Crippen LogP contribution in [0.15, 0.2) is 55.0 Å². The van der Waals surface area contributed by atoms with Gasteiger partial charge in [0.1, 0.15) is 23.0 Å². The maximum atomic E-state index is 13.4. The van der Waals surface area contributed by atoms with E-state index in [1.807, 2.05) is 29.6 Å². The highest BCUT2D eigenvalue weighted by molar-refractivity contribution is 5.94. The van der Waals surface area contributed by atoms with Crippen molar-refractivity contribution in [2.45, 2.75) is 19.1 Å². The molecule has 1 aliphatic heterocycles. The summed E-state index contributed by atoms with van der Waals surface area (Å²) in [4.78, 5) is 25.3. The van der Waals surface area contributed by atoms with Gasteiger partial charge in [-0.2, -0.15) is 0 Å². The number of carbonyl (C=O) groups excluding carboxylic acids is 1. The molecule has 3 heterocycles. The van der Waals surface area contributed by atoms with E-state index in [1.54, 1.807) is 23.2 Å². The van der Waals surface area contributed by atoms with Crippen LogP contribution >= 0.6 is 0 Å². The highest BCUT2D eigenvalue weighted by Gasteiger charge is 2.36. The van der Waals surface area contributed by atoms with Crippen LogP contribution in [0.25, 0.3) is 0 Å². The van der Waals surface area contributed by atoms with Crippen LogP contribution in [0.4, 0.5) is 4.39 Å². The summed E-state index contributed by atoms with van der Waals surface area (Å²) in [7, 11) is 1.93. The van der Waals surface area contributed by atoms with Crippen LogP contribution in [0.2, 0.25) is 0 Å². The van der Waals surface area contributed by atoms with Crippen molar-refractivity contribution in [2.24, 2.45) is 0 Å². The van der Waals surface area contributed by atoms with Gasteiger partial charge in [-0.15, -0.1) is 0 Å². The molecule has 3 aromatic rings. The number of ether oxygens (including phenoxy) is 1. The van der Waals surface area contributed by atoms with Crippen molar-refractivity contribution in [2.75, 3.05) is 33.2 Å². The van der Waals surface area contributed by atoms with Gasteiger partial charge in [0, 0.05) is 55.9 Å². The Morgan fingerprint density at radius 1 is 1.19 bits per heavy atom. The Morgan fingerprint density at radius 2 is 2.03 bits per heavy atom. The molecule has 32 heavy (non-hydrogen) atoms. The molecule has 0 spiro atoms. The van der Waals surface area contributed by atoms with Crippen molar-refractivity contribution in [3.63, 3.8) is 0 Å². The number of rotatable bonds is 5. The third-order valence-electron chi connectivity index (χ3n) is 5.48. The first kappa shape index (κ1) is 21.9. The summed E-state index contributed by atoms with van der Waals surface area (Å²) in [5.74, 6) is 0.640. The normalized spacial score (nSPS) is 19.6. The molecule has 1 aromatic carbocycles. The van der Waals surface area contributed by atoms with E-state index in [0.717, 1.165) is 5.82 Å². The first-order valence-electron chi connectivity index (χ1n) is 10.4. The largest absolute Gasteiger partial charge is 0.439 e. The lowest BCUT2D eigenvalue weighted by atomic mass is 10.0. The van der Waals surface area contributed by atoms with Gasteiger partial charge in [0.05, 0.1) is 13.1 Å². The van der Waals surface area contributed by atoms with E-state index in [0.29, 0.717) is 37.5 Å². The number of aromatic nitrogens is 3. The molecule has 1 fully saturated rings. The fraction of sp³-hybridized carbons (Fsp3) is 0.348. The summed E-state index contributed by atoms with van der Waals surface area (Å²) in [5.41, 5.74) is -0.752. The third kappa shape index (κ3) is 5.12. The summed E-state index contributed by atoms with van der Waals surface area (Å²) in [6.07, 6.45) is 5.00. The lowest BCUT2D eigenvalue weighted by Gasteiger charge is -2.33. The fourth-order valence-corrected chi connectivity index (χ4v) is 3.95. The van der Waals surface area contributed by atoms with Crippen LogP contribution in [0.5, 0.6) is 11.6 Å². The number of hydrogen-bond acceptors (Lipinski definition) is 6. The molecule has 9 heteroatoms. The van der Waals surface area contributed by atoms with Gasteiger partial charge in [-0.25, -0.2) is 14.4 Å². The number of carbonyl (C=O) groups is 1. The molecule has 1 atom stereocenters. The van der Waals surface area contributed by atoms with Crippen LogP contribution in [-0.2, 0) is 6.54 Å². The van der Waals surface area contributed by atoms with E-state index in [9.17, 15) is 14.3 Å². The Labute approximate surface area is 185 Å². The van der Waals surface area contributed by atoms with Gasteiger partial charge < -0.3 is 24.2 Å². The highest BCUT2D eigenvalue weighted by atomic mass is 19.1. The number of amides is 1. The summed E-state index contributed by atoms with van der Waals surface area (Å²) in [6.45, 7) is 3.92. The number of pyridine rings is 1. The van der Waals surface area contributed by atoms with Gasteiger partial charge in [-0.05, 0) is 32.2 Å². The van der Waals surface area contributed by atoms with Crippen molar-refractivity contribution < 1.29 is 19.0 Å². The Bertz CT molecular complexity index is 1100. The zero-order valence-electron chi connectivity index (χ0n) is 18.1. The lowest BCUT2D eigenvalue weighted by molar-refractivity contribution is -0.0116. The van der Waals surface area contributed by atoms with Gasteiger partial charge in [0.15, 0.2) is 0 Å². The molecule has 1 saturated heterocycles. The zero-order valence-corrected chi connectivity index (χ0v) is 18.1. The van der Waals surface area contributed by atoms with Crippen molar-refractivity contribution in [3.8, 4) is 11.6 Å². The van der Waals surface area contributed by atoms with Gasteiger partial charge >= 0.3 is 0 Å². The number of likely N-dealkylation sites (N-methyl/N-ethyl adjacent to an activating group) is 1. The minimum absolute atomic E-state index is 0.177. The first-order chi connectivity index (χ1) is 15.3. The molecule has 2 aromatic heterocycles. The van der Waals surface area contributed by atoms with Gasteiger partial charge in [-0.1, -0.05) is 6.07 Å². The van der Waals surface area contributed by atoms with Crippen molar-refractivity contribution in [3.05, 3.63) is 72.2 Å². The van der Waals surface area contributed by atoms with Crippen LogP contribution in [-0.4, -0.2) is 74.2 Å². The number of hydrogen-bond donors (Lipinski definition) is 1. The molecular weight excluding hydrogens is 413 g/mol. The Morgan fingerprint density at radius 3 is 2.78 bits per heavy atom. The average molecular weight is 439 g/mol. The zero-order chi connectivity index (χ0) is 22.7. The minimum Gasteiger partial charge on any atom is -0.439 e. The molecule has 0 bridgehead atoms. The molecule has 0 saturated carbocycles. The Hall–Kier alpha value is -3.30. The molecule has 1 aliphatic rings. The summed E-state index contributed by atoms with van der Waals surface area (Å²) < 4.78 is 20.9. The second kappa shape index (κ2) is 9.05. The summed E-state index contributed by atoms with van der Waals surface area (Å²) >= 11 is 0. The molecule has 4 rings (SSSR count). The molecule has 168 valence electrons. The van der Waals surface area contributed by atoms with Crippen molar-refractivity contribution >= 4 is 5.91 Å². The van der Waals surface area contributed by atoms with Crippen molar-refractivity contribution in [1.82, 2.24) is 24.3 Å². The standard InChI is InChI=1S/C23H26FN5O3/c1-17-25-8-9-28(17)15-23(31)14-27(2)10-11-29(16-23)22(30)18-6-7-26-21(12-18)32-20-5-3-4-19(24)13-20/h3-9,12-13,31H,10-11,14-16H2,1-2H3. The van der Waals surface area contributed by atoms with Crippen LogP contribution in [0.3, 0.4) is 0 Å². The molecular formula is C23H26FN5O3. The van der Waals surface area contributed by atoms with Gasteiger partial charge in [-0.3, -0.25) is 4.79 Å². The smallest absolute Gasteiger partial charge is 0.254 e. The summed E-state index contributed by atoms with van der Waals surface area (Å²) in [6, 6.07) is 8.86. The maximum Gasteiger partial charge on any atom is 0.254 e. The van der Waals surface area contributed by atoms with E-state index >= 15 is 0 Å². The first-order valence-corrected chi connectivity index (χ1v) is 10.4. The van der Waals surface area contributed by atoms with Gasteiger partial charge in [0.2, 0.25) is 5.88 Å². The number of halogens is 1. The fourth-order valence-electron chi connectivity index (χ4n) is 3.95. The summed E-state index contributed by atoms with van der Waals surface area (Å²) in [5, 5.41) is 11.4. The SMILES string of the molecule is Cc1nccn1CC1(O)CN(C)CCN(C(=O)c2ccnc(Oc3cccc(F)c3)c2)C1. The van der Waals surface area contributed by atoms with E-state index in [-0.39, 0.29) is 18.3 Å². The van der Waals surface area contributed by atoms with Crippen LogP contribution in [0, 0.1) is 12.7 Å². The molecule has 1 unspecified atom stereocenters. The third-order valence-corrected chi connectivity index (χ3v) is 5.48. The predicted molar refractivity (Wildman–Crippen MR) is 116 cm³/mol. The van der Waals surface area contributed by atoms with E-state index < -0.39 is 11.4 Å². The number of aryl methyl sites for hydroxylation is 1.